The van der Waals surface area contributed by atoms with Crippen molar-refractivity contribution < 1.29 is 9.59 Å². The molecule has 0 aliphatic carbocycles. The van der Waals surface area contributed by atoms with Crippen LogP contribution in [0.1, 0.15) is 24.0 Å². The van der Waals surface area contributed by atoms with E-state index in [1.165, 1.54) is 0 Å². The molecule has 0 atom stereocenters. The molecule has 1 aromatic carbocycles. The third-order valence-corrected chi connectivity index (χ3v) is 6.55. The number of pyridine rings is 2. The Labute approximate surface area is 195 Å². The molecule has 2 amide bonds. The van der Waals surface area contributed by atoms with Crippen LogP contribution in [0.5, 0.6) is 0 Å². The maximum atomic E-state index is 13.4. The Bertz CT molecular complexity index is 1090. The highest BCUT2D eigenvalue weighted by atomic mass is 16.2. The molecule has 33 heavy (non-hydrogen) atoms. The average molecular weight is 443 g/mol. The SMILES string of the molecule is CN(C)C(=O)C1(Cc2ccccc2-c2ccncc2)CCN(C(=O)Cc2cccnc2)CC1. The number of likely N-dealkylation sites (tertiary alicyclic amines) is 1. The number of rotatable bonds is 6. The van der Waals surface area contributed by atoms with Crippen LogP contribution in [-0.2, 0) is 22.4 Å². The van der Waals surface area contributed by atoms with Crippen LogP contribution < -0.4 is 0 Å². The fraction of sp³-hybridized carbons (Fsp3) is 0.333. The van der Waals surface area contributed by atoms with Crippen LogP contribution in [0.3, 0.4) is 0 Å². The second-order valence-electron chi connectivity index (χ2n) is 8.97. The van der Waals surface area contributed by atoms with Gasteiger partial charge in [-0.2, -0.15) is 0 Å². The number of benzene rings is 1. The van der Waals surface area contributed by atoms with Crippen LogP contribution in [0.15, 0.2) is 73.3 Å². The second-order valence-corrected chi connectivity index (χ2v) is 8.97. The number of aromatic nitrogens is 2. The molecule has 6 heteroatoms. The zero-order valence-electron chi connectivity index (χ0n) is 19.3. The summed E-state index contributed by atoms with van der Waals surface area (Å²) in [6.45, 7) is 1.16. The summed E-state index contributed by atoms with van der Waals surface area (Å²) in [6.07, 6.45) is 9.30. The van der Waals surface area contributed by atoms with E-state index in [1.807, 2.05) is 55.4 Å². The van der Waals surface area contributed by atoms with Crippen LogP contribution in [0.2, 0.25) is 0 Å². The van der Waals surface area contributed by atoms with Crippen LogP contribution in [0, 0.1) is 5.41 Å². The summed E-state index contributed by atoms with van der Waals surface area (Å²) < 4.78 is 0. The highest BCUT2D eigenvalue weighted by molar-refractivity contribution is 5.84. The minimum atomic E-state index is -0.530. The molecule has 2 aromatic heterocycles. The normalized spacial score (nSPS) is 15.2. The lowest BCUT2D eigenvalue weighted by molar-refractivity contribution is -0.146. The van der Waals surface area contributed by atoms with Gasteiger partial charge in [0, 0.05) is 52.0 Å². The molecule has 0 bridgehead atoms. The van der Waals surface area contributed by atoms with Crippen molar-refractivity contribution in [2.24, 2.45) is 5.41 Å². The van der Waals surface area contributed by atoms with Crippen molar-refractivity contribution in [1.29, 1.82) is 0 Å². The van der Waals surface area contributed by atoms with Gasteiger partial charge in [0.2, 0.25) is 11.8 Å². The van der Waals surface area contributed by atoms with Crippen LogP contribution in [-0.4, -0.2) is 58.8 Å². The number of hydrogen-bond acceptors (Lipinski definition) is 4. The molecule has 4 rings (SSSR count). The van der Waals surface area contributed by atoms with E-state index in [0.717, 1.165) is 22.3 Å². The van der Waals surface area contributed by atoms with Gasteiger partial charge in [-0.1, -0.05) is 30.3 Å². The monoisotopic (exact) mass is 442 g/mol. The number of carbonyl (C=O) groups excluding carboxylic acids is 2. The Morgan fingerprint density at radius 3 is 2.33 bits per heavy atom. The lowest BCUT2D eigenvalue weighted by Crippen LogP contribution is -2.51. The van der Waals surface area contributed by atoms with Crippen LogP contribution >= 0.6 is 0 Å². The molecule has 3 aromatic rings. The summed E-state index contributed by atoms with van der Waals surface area (Å²) >= 11 is 0. The van der Waals surface area contributed by atoms with Crippen molar-refractivity contribution in [3.8, 4) is 11.1 Å². The van der Waals surface area contributed by atoms with Gasteiger partial charge in [-0.15, -0.1) is 0 Å². The lowest BCUT2D eigenvalue weighted by Gasteiger charge is -2.42. The molecule has 170 valence electrons. The summed E-state index contributed by atoms with van der Waals surface area (Å²) in [5.41, 5.74) is 3.75. The van der Waals surface area contributed by atoms with Gasteiger partial charge in [-0.3, -0.25) is 19.6 Å². The van der Waals surface area contributed by atoms with E-state index in [1.54, 1.807) is 29.7 Å². The number of amides is 2. The van der Waals surface area contributed by atoms with E-state index in [0.29, 0.717) is 38.8 Å². The maximum Gasteiger partial charge on any atom is 0.228 e. The third kappa shape index (κ3) is 5.11. The molecule has 0 N–H and O–H groups in total. The predicted molar refractivity (Wildman–Crippen MR) is 128 cm³/mol. The summed E-state index contributed by atoms with van der Waals surface area (Å²) in [6, 6.07) is 16.0. The highest BCUT2D eigenvalue weighted by Crippen LogP contribution is 2.39. The first kappa shape index (κ1) is 22.6. The summed E-state index contributed by atoms with van der Waals surface area (Å²) in [4.78, 5) is 38.1. The molecular formula is C27H30N4O2. The molecule has 0 spiro atoms. The molecule has 1 saturated heterocycles. The van der Waals surface area contributed by atoms with Gasteiger partial charge < -0.3 is 9.80 Å². The molecule has 3 heterocycles. The Balaban J connectivity index is 1.55. The second kappa shape index (κ2) is 9.94. The summed E-state index contributed by atoms with van der Waals surface area (Å²) in [7, 11) is 3.64. The Morgan fingerprint density at radius 1 is 0.939 bits per heavy atom. The minimum absolute atomic E-state index is 0.0890. The Morgan fingerprint density at radius 2 is 1.67 bits per heavy atom. The molecule has 1 aliphatic heterocycles. The smallest absolute Gasteiger partial charge is 0.228 e. The average Bonchev–Trinajstić information content (AvgIpc) is 2.85. The fourth-order valence-electron chi connectivity index (χ4n) is 4.77. The number of nitrogens with zero attached hydrogens (tertiary/aromatic N) is 4. The lowest BCUT2D eigenvalue weighted by atomic mass is 9.71. The number of piperidine rings is 1. The van der Waals surface area contributed by atoms with E-state index >= 15 is 0 Å². The van der Waals surface area contributed by atoms with Crippen molar-refractivity contribution in [3.05, 3.63) is 84.4 Å². The Kier molecular flexibility index (Phi) is 6.82. The van der Waals surface area contributed by atoms with Gasteiger partial charge in [-0.25, -0.2) is 0 Å². The van der Waals surface area contributed by atoms with E-state index < -0.39 is 5.41 Å². The topological polar surface area (TPSA) is 66.4 Å². The maximum absolute atomic E-state index is 13.4. The first-order valence-electron chi connectivity index (χ1n) is 11.4. The summed E-state index contributed by atoms with van der Waals surface area (Å²) in [5.74, 6) is 0.220. The van der Waals surface area contributed by atoms with Gasteiger partial charge in [0.05, 0.1) is 11.8 Å². The molecule has 0 unspecified atom stereocenters. The molecule has 0 radical (unpaired) electrons. The van der Waals surface area contributed by atoms with Crippen molar-refractivity contribution in [2.45, 2.75) is 25.7 Å². The fourth-order valence-corrected chi connectivity index (χ4v) is 4.77. The molecule has 1 fully saturated rings. The molecular weight excluding hydrogens is 412 g/mol. The molecule has 1 aliphatic rings. The third-order valence-electron chi connectivity index (χ3n) is 6.55. The quantitative estimate of drug-likeness (QED) is 0.585. The van der Waals surface area contributed by atoms with Crippen molar-refractivity contribution in [1.82, 2.24) is 19.8 Å². The Hall–Kier alpha value is -3.54. The van der Waals surface area contributed by atoms with Crippen molar-refractivity contribution >= 4 is 11.8 Å². The van der Waals surface area contributed by atoms with Crippen LogP contribution in [0.25, 0.3) is 11.1 Å². The van der Waals surface area contributed by atoms with Gasteiger partial charge in [0.1, 0.15) is 0 Å². The van der Waals surface area contributed by atoms with E-state index in [2.05, 4.69) is 22.1 Å². The van der Waals surface area contributed by atoms with Gasteiger partial charge >= 0.3 is 0 Å². The first-order chi connectivity index (χ1) is 16.0. The minimum Gasteiger partial charge on any atom is -0.348 e. The number of carbonyl (C=O) groups is 2. The zero-order chi connectivity index (χ0) is 23.3. The van der Waals surface area contributed by atoms with Gasteiger partial charge in [0.15, 0.2) is 0 Å². The summed E-state index contributed by atoms with van der Waals surface area (Å²) in [5, 5.41) is 0. The van der Waals surface area contributed by atoms with Crippen molar-refractivity contribution in [3.63, 3.8) is 0 Å². The highest BCUT2D eigenvalue weighted by Gasteiger charge is 2.43. The number of hydrogen-bond donors (Lipinski definition) is 0. The zero-order valence-corrected chi connectivity index (χ0v) is 19.3. The predicted octanol–water partition coefficient (Wildman–Crippen LogP) is 3.63. The first-order valence-corrected chi connectivity index (χ1v) is 11.4. The van der Waals surface area contributed by atoms with Gasteiger partial charge in [0.25, 0.3) is 0 Å². The van der Waals surface area contributed by atoms with E-state index in [-0.39, 0.29) is 11.8 Å². The van der Waals surface area contributed by atoms with E-state index in [9.17, 15) is 9.59 Å². The van der Waals surface area contributed by atoms with Crippen molar-refractivity contribution in [2.75, 3.05) is 27.2 Å². The van der Waals surface area contributed by atoms with Gasteiger partial charge in [-0.05, 0) is 59.7 Å². The largest absolute Gasteiger partial charge is 0.348 e. The molecule has 0 saturated carbocycles. The van der Waals surface area contributed by atoms with E-state index in [4.69, 9.17) is 0 Å². The van der Waals surface area contributed by atoms with Crippen LogP contribution in [0.4, 0.5) is 0 Å². The standard InChI is InChI=1S/C27H30N4O2/c1-30(2)26(33)27(19-23-7-3-4-8-24(23)22-9-14-28-15-10-22)11-16-31(17-12-27)25(32)18-21-6-5-13-29-20-21/h3-10,13-15,20H,11-12,16-19H2,1-2H3. The molecule has 6 nitrogen and oxygen atoms in total.